The molecule has 0 aliphatic rings. The van der Waals surface area contributed by atoms with Gasteiger partial charge in [-0.15, -0.1) is 0 Å². The normalized spacial score (nSPS) is 13.5. The van der Waals surface area contributed by atoms with Gasteiger partial charge in [0.1, 0.15) is 0 Å². The third-order valence-electron chi connectivity index (χ3n) is 1.92. The summed E-state index contributed by atoms with van der Waals surface area (Å²) in [6, 6.07) is 0.680. The molecule has 0 radical (unpaired) electrons. The Labute approximate surface area is 103 Å². The average molecular weight is 279 g/mol. The Morgan fingerprint density at radius 3 is 2.82 bits per heavy atom. The van der Waals surface area contributed by atoms with E-state index in [2.05, 4.69) is 4.72 Å². The minimum absolute atomic E-state index is 0.00959. The van der Waals surface area contributed by atoms with Gasteiger partial charge in [-0.2, -0.15) is 11.3 Å². The Morgan fingerprint density at radius 2 is 2.35 bits per heavy atom. The van der Waals surface area contributed by atoms with Crippen molar-refractivity contribution in [2.24, 2.45) is 0 Å². The highest BCUT2D eigenvalue weighted by atomic mass is 32.2. The van der Waals surface area contributed by atoms with E-state index in [1.165, 1.54) is 29.9 Å². The molecule has 96 valence electrons. The number of hydrogen-bond acceptors (Lipinski definition) is 5. The van der Waals surface area contributed by atoms with Crippen LogP contribution < -0.4 is 4.72 Å². The molecular formula is C9H13NO5S2. The maximum absolute atomic E-state index is 11.8. The molecule has 1 aromatic heterocycles. The van der Waals surface area contributed by atoms with E-state index in [1.54, 1.807) is 5.38 Å². The van der Waals surface area contributed by atoms with Crippen LogP contribution in [0.4, 0.5) is 0 Å². The number of carboxylic acids is 1. The van der Waals surface area contributed by atoms with E-state index in [9.17, 15) is 13.2 Å². The number of hydrogen-bond donors (Lipinski definition) is 2. The standard InChI is InChI=1S/C9H13NO5S2/c1-15-5-7(4-9(11)12)10-17(13,14)8-2-3-16-6-8/h2-3,6-7,10H,4-5H2,1H3,(H,11,12)/t7-/m1/s1. The molecule has 17 heavy (non-hydrogen) atoms. The maximum atomic E-state index is 11.8. The van der Waals surface area contributed by atoms with Gasteiger partial charge in [-0.1, -0.05) is 0 Å². The lowest BCUT2D eigenvalue weighted by Crippen LogP contribution is -2.39. The number of aliphatic carboxylic acids is 1. The number of thiophene rings is 1. The minimum atomic E-state index is -3.67. The summed E-state index contributed by atoms with van der Waals surface area (Å²) in [7, 11) is -2.28. The van der Waals surface area contributed by atoms with Crippen molar-refractivity contribution in [2.75, 3.05) is 13.7 Å². The van der Waals surface area contributed by atoms with Gasteiger partial charge in [-0.05, 0) is 11.4 Å². The number of carbonyl (C=O) groups is 1. The highest BCUT2D eigenvalue weighted by molar-refractivity contribution is 7.89. The molecule has 1 atom stereocenters. The molecule has 0 saturated heterocycles. The van der Waals surface area contributed by atoms with Gasteiger partial charge in [0.15, 0.2) is 0 Å². The van der Waals surface area contributed by atoms with Crippen molar-refractivity contribution in [1.29, 1.82) is 0 Å². The lowest BCUT2D eigenvalue weighted by molar-refractivity contribution is -0.137. The van der Waals surface area contributed by atoms with E-state index in [-0.39, 0.29) is 17.9 Å². The molecule has 0 unspecified atom stereocenters. The van der Waals surface area contributed by atoms with Crippen LogP contribution in [0.1, 0.15) is 6.42 Å². The molecule has 2 N–H and O–H groups in total. The molecule has 0 amide bonds. The van der Waals surface area contributed by atoms with Crippen LogP contribution in [0.3, 0.4) is 0 Å². The molecule has 1 aromatic rings. The summed E-state index contributed by atoms with van der Waals surface area (Å²) in [5.41, 5.74) is 0. The summed E-state index contributed by atoms with van der Waals surface area (Å²) in [6.07, 6.45) is -0.322. The fourth-order valence-electron chi connectivity index (χ4n) is 1.24. The third-order valence-corrected chi connectivity index (χ3v) is 4.27. The quantitative estimate of drug-likeness (QED) is 0.759. The zero-order valence-electron chi connectivity index (χ0n) is 9.12. The number of rotatable bonds is 7. The highest BCUT2D eigenvalue weighted by Gasteiger charge is 2.22. The SMILES string of the molecule is COC[C@@H](CC(=O)O)NS(=O)(=O)c1ccsc1. The molecular weight excluding hydrogens is 266 g/mol. The molecule has 0 aromatic carbocycles. The maximum Gasteiger partial charge on any atom is 0.305 e. The molecule has 0 spiro atoms. The van der Waals surface area contributed by atoms with Crippen molar-refractivity contribution < 1.29 is 23.1 Å². The number of nitrogens with one attached hydrogen (secondary N) is 1. The van der Waals surface area contributed by atoms with Crippen LogP contribution in [0, 0.1) is 0 Å². The summed E-state index contributed by atoms with van der Waals surface area (Å²) in [5, 5.41) is 11.8. The summed E-state index contributed by atoms with van der Waals surface area (Å²) >= 11 is 1.25. The van der Waals surface area contributed by atoms with Crippen molar-refractivity contribution in [3.8, 4) is 0 Å². The molecule has 0 aliphatic heterocycles. The van der Waals surface area contributed by atoms with E-state index < -0.39 is 22.0 Å². The zero-order valence-corrected chi connectivity index (χ0v) is 10.8. The van der Waals surface area contributed by atoms with E-state index >= 15 is 0 Å². The van der Waals surface area contributed by atoms with Crippen molar-refractivity contribution in [1.82, 2.24) is 4.72 Å². The highest BCUT2D eigenvalue weighted by Crippen LogP contribution is 2.13. The van der Waals surface area contributed by atoms with Crippen LogP contribution in [0.5, 0.6) is 0 Å². The molecule has 0 saturated carbocycles. The van der Waals surface area contributed by atoms with Gasteiger partial charge in [0.25, 0.3) is 0 Å². The van der Waals surface area contributed by atoms with Crippen molar-refractivity contribution >= 4 is 27.3 Å². The Bertz CT molecular complexity index is 454. The van der Waals surface area contributed by atoms with E-state index in [1.807, 2.05) is 0 Å². The zero-order chi connectivity index (χ0) is 12.9. The fraction of sp³-hybridized carbons (Fsp3) is 0.444. The van der Waals surface area contributed by atoms with Gasteiger partial charge in [0, 0.05) is 12.5 Å². The summed E-state index contributed by atoms with van der Waals surface area (Å²) in [4.78, 5) is 10.7. The first-order chi connectivity index (χ1) is 7.95. The summed E-state index contributed by atoms with van der Waals surface area (Å²) < 4.78 is 30.7. The van der Waals surface area contributed by atoms with Crippen LogP contribution in [0.2, 0.25) is 0 Å². The lowest BCUT2D eigenvalue weighted by Gasteiger charge is -2.15. The first-order valence-corrected chi connectivity index (χ1v) is 7.13. The van der Waals surface area contributed by atoms with Gasteiger partial charge in [-0.3, -0.25) is 4.79 Å². The van der Waals surface area contributed by atoms with E-state index in [0.29, 0.717) is 0 Å². The van der Waals surface area contributed by atoms with Gasteiger partial charge >= 0.3 is 5.97 Å². The Morgan fingerprint density at radius 1 is 1.65 bits per heavy atom. The largest absolute Gasteiger partial charge is 0.481 e. The summed E-state index contributed by atoms with van der Waals surface area (Å²) in [5.74, 6) is -1.08. The van der Waals surface area contributed by atoms with Gasteiger partial charge in [-0.25, -0.2) is 13.1 Å². The molecule has 0 aliphatic carbocycles. The second-order valence-electron chi connectivity index (χ2n) is 3.33. The second kappa shape index (κ2) is 6.10. The lowest BCUT2D eigenvalue weighted by atomic mass is 10.2. The van der Waals surface area contributed by atoms with Crippen molar-refractivity contribution in [3.05, 3.63) is 16.8 Å². The van der Waals surface area contributed by atoms with Crippen molar-refractivity contribution in [2.45, 2.75) is 17.4 Å². The van der Waals surface area contributed by atoms with Crippen LogP contribution in [-0.4, -0.2) is 39.3 Å². The smallest absolute Gasteiger partial charge is 0.305 e. The van der Waals surface area contributed by atoms with E-state index in [4.69, 9.17) is 9.84 Å². The first kappa shape index (κ1) is 14.1. The van der Waals surface area contributed by atoms with Gasteiger partial charge in [0.05, 0.1) is 24.0 Å². The van der Waals surface area contributed by atoms with Crippen molar-refractivity contribution in [3.63, 3.8) is 0 Å². The number of sulfonamides is 1. The first-order valence-electron chi connectivity index (χ1n) is 4.71. The van der Waals surface area contributed by atoms with Gasteiger partial charge in [0.2, 0.25) is 10.0 Å². The predicted octanol–water partition coefficient (Wildman–Crippen LogP) is 0.516. The Balaban J connectivity index is 2.76. The van der Waals surface area contributed by atoms with E-state index in [0.717, 1.165) is 0 Å². The third kappa shape index (κ3) is 4.43. The molecule has 6 nitrogen and oxygen atoms in total. The van der Waals surface area contributed by atoms with Gasteiger partial charge < -0.3 is 9.84 Å². The summed E-state index contributed by atoms with van der Waals surface area (Å²) in [6.45, 7) is 0.00959. The van der Waals surface area contributed by atoms with Crippen LogP contribution in [0.25, 0.3) is 0 Å². The Hall–Kier alpha value is -0.960. The average Bonchev–Trinajstić information content (AvgIpc) is 2.69. The molecule has 0 fully saturated rings. The molecule has 1 rings (SSSR count). The van der Waals surface area contributed by atoms with Crippen LogP contribution in [-0.2, 0) is 19.6 Å². The second-order valence-corrected chi connectivity index (χ2v) is 5.82. The Kier molecular flexibility index (Phi) is 5.06. The molecule has 0 bridgehead atoms. The predicted molar refractivity (Wildman–Crippen MR) is 62.6 cm³/mol. The minimum Gasteiger partial charge on any atom is -0.481 e. The number of ether oxygens (including phenoxy) is 1. The molecule has 8 heteroatoms. The number of methoxy groups -OCH3 is 1. The monoisotopic (exact) mass is 279 g/mol. The molecule has 1 heterocycles. The number of carboxylic acid groups (broad SMARTS) is 1. The van der Waals surface area contributed by atoms with Crippen LogP contribution in [0.15, 0.2) is 21.7 Å². The topological polar surface area (TPSA) is 92.7 Å². The van der Waals surface area contributed by atoms with Crippen LogP contribution >= 0.6 is 11.3 Å². The fourth-order valence-corrected chi connectivity index (χ4v) is 3.49.